The molecular weight excluding hydrogens is 262 g/mol. The van der Waals surface area contributed by atoms with Crippen molar-refractivity contribution in [3.05, 3.63) is 11.6 Å². The van der Waals surface area contributed by atoms with Gasteiger partial charge in [-0.2, -0.15) is 5.10 Å². The van der Waals surface area contributed by atoms with Crippen LogP contribution in [0.4, 0.5) is 0 Å². The number of aromatic nitrogens is 3. The third kappa shape index (κ3) is 4.59. The molecule has 0 spiro atoms. The molecule has 0 radical (unpaired) electrons. The van der Waals surface area contributed by atoms with Crippen LogP contribution in [0.15, 0.2) is 0 Å². The van der Waals surface area contributed by atoms with E-state index in [9.17, 15) is 4.79 Å². The second-order valence-corrected chi connectivity index (χ2v) is 4.86. The molecule has 1 heterocycles. The van der Waals surface area contributed by atoms with Crippen molar-refractivity contribution in [1.82, 2.24) is 19.7 Å². The average Bonchev–Trinajstić information content (AvgIpc) is 2.77. The normalized spacial score (nSPS) is 10.5. The lowest BCUT2D eigenvalue weighted by molar-refractivity contribution is -0.130. The van der Waals surface area contributed by atoms with Gasteiger partial charge in [-0.05, 0) is 0 Å². The fraction of sp³-hybridized carbons (Fsp3) is 0.667. The molecule has 1 aromatic rings. The zero-order valence-corrected chi connectivity index (χ0v) is 12.5. The summed E-state index contributed by atoms with van der Waals surface area (Å²) in [6.07, 6.45) is 2.07. The lowest BCUT2D eigenvalue weighted by Gasteiger charge is -2.17. The standard InChI is InChI=1S/C12H21N5OS/c1-4-10-14-11(5-2)17(15-10)8-12(18)16(3)7-6-9(13)19/h4-8H2,1-3H3,(H2,13,19). The Balaban J connectivity index is 2.65. The molecule has 0 aliphatic carbocycles. The highest BCUT2D eigenvalue weighted by Gasteiger charge is 2.14. The maximum atomic E-state index is 12.0. The third-order valence-corrected chi connectivity index (χ3v) is 3.03. The number of nitrogens with two attached hydrogens (primary N) is 1. The maximum absolute atomic E-state index is 12.0. The molecule has 1 amide bonds. The van der Waals surface area contributed by atoms with Gasteiger partial charge in [0.05, 0.1) is 4.99 Å². The van der Waals surface area contributed by atoms with E-state index in [4.69, 9.17) is 18.0 Å². The van der Waals surface area contributed by atoms with Gasteiger partial charge in [0.2, 0.25) is 5.91 Å². The number of carbonyl (C=O) groups is 1. The third-order valence-electron chi connectivity index (χ3n) is 2.83. The SMILES string of the molecule is CCc1nc(CC)n(CC(=O)N(C)CCC(N)=S)n1. The van der Waals surface area contributed by atoms with E-state index >= 15 is 0 Å². The number of amides is 1. The Kier molecular flexibility index (Phi) is 5.88. The van der Waals surface area contributed by atoms with Gasteiger partial charge < -0.3 is 10.6 Å². The van der Waals surface area contributed by atoms with E-state index < -0.39 is 0 Å². The van der Waals surface area contributed by atoms with Crippen molar-refractivity contribution in [2.75, 3.05) is 13.6 Å². The number of likely N-dealkylation sites (N-methyl/N-ethyl adjacent to an activating group) is 1. The Morgan fingerprint density at radius 3 is 2.63 bits per heavy atom. The van der Waals surface area contributed by atoms with Crippen molar-refractivity contribution >= 4 is 23.1 Å². The van der Waals surface area contributed by atoms with Crippen molar-refractivity contribution in [1.29, 1.82) is 0 Å². The van der Waals surface area contributed by atoms with Crippen LogP contribution in [0.1, 0.15) is 31.9 Å². The summed E-state index contributed by atoms with van der Waals surface area (Å²) in [6.45, 7) is 4.74. The number of rotatable bonds is 7. The Morgan fingerprint density at radius 1 is 1.42 bits per heavy atom. The molecule has 0 bridgehead atoms. The van der Waals surface area contributed by atoms with Gasteiger partial charge >= 0.3 is 0 Å². The van der Waals surface area contributed by atoms with Crippen LogP contribution in [0.5, 0.6) is 0 Å². The highest BCUT2D eigenvalue weighted by Crippen LogP contribution is 2.02. The molecule has 0 unspecified atom stereocenters. The van der Waals surface area contributed by atoms with E-state index in [0.29, 0.717) is 18.0 Å². The lowest BCUT2D eigenvalue weighted by Crippen LogP contribution is -2.33. The second kappa shape index (κ2) is 7.18. The Hall–Kier alpha value is -1.50. The Morgan fingerprint density at radius 2 is 2.11 bits per heavy atom. The molecule has 106 valence electrons. The first-order chi connectivity index (χ1) is 8.97. The topological polar surface area (TPSA) is 77.0 Å². The number of hydrogen-bond donors (Lipinski definition) is 1. The average molecular weight is 283 g/mol. The van der Waals surface area contributed by atoms with Crippen LogP contribution in [-0.2, 0) is 24.2 Å². The molecule has 0 aliphatic heterocycles. The molecule has 0 saturated carbocycles. The van der Waals surface area contributed by atoms with Crippen LogP contribution in [-0.4, -0.2) is 44.2 Å². The fourth-order valence-electron chi connectivity index (χ4n) is 1.62. The van der Waals surface area contributed by atoms with Crippen molar-refractivity contribution < 1.29 is 4.79 Å². The van der Waals surface area contributed by atoms with Gasteiger partial charge in [-0.3, -0.25) is 4.79 Å². The summed E-state index contributed by atoms with van der Waals surface area (Å²) in [6, 6.07) is 0. The van der Waals surface area contributed by atoms with Gasteiger partial charge in [0.1, 0.15) is 12.4 Å². The minimum Gasteiger partial charge on any atom is -0.393 e. The van der Waals surface area contributed by atoms with Crippen LogP contribution in [0.3, 0.4) is 0 Å². The monoisotopic (exact) mass is 283 g/mol. The largest absolute Gasteiger partial charge is 0.393 e. The van der Waals surface area contributed by atoms with E-state index in [2.05, 4.69) is 10.1 Å². The molecule has 1 aromatic heterocycles. The summed E-state index contributed by atoms with van der Waals surface area (Å²) in [5, 5.41) is 4.32. The first kappa shape index (κ1) is 15.6. The van der Waals surface area contributed by atoms with E-state index in [1.807, 2.05) is 13.8 Å². The fourth-order valence-corrected chi connectivity index (χ4v) is 1.71. The Labute approximate surface area is 119 Å². The zero-order chi connectivity index (χ0) is 14.4. The van der Waals surface area contributed by atoms with Crippen LogP contribution in [0.25, 0.3) is 0 Å². The lowest BCUT2D eigenvalue weighted by atomic mass is 10.4. The molecular formula is C12H21N5OS. The quantitative estimate of drug-likeness (QED) is 0.739. The van der Waals surface area contributed by atoms with Crippen molar-refractivity contribution in [2.24, 2.45) is 5.73 Å². The first-order valence-electron chi connectivity index (χ1n) is 6.42. The molecule has 0 fully saturated rings. The molecule has 0 atom stereocenters. The van der Waals surface area contributed by atoms with Crippen LogP contribution >= 0.6 is 12.2 Å². The zero-order valence-electron chi connectivity index (χ0n) is 11.7. The molecule has 7 heteroatoms. The predicted molar refractivity (Wildman–Crippen MR) is 77.8 cm³/mol. The number of thiocarbonyl (C=S) groups is 1. The van der Waals surface area contributed by atoms with Gasteiger partial charge in [0, 0.05) is 32.9 Å². The van der Waals surface area contributed by atoms with Gasteiger partial charge in [0.25, 0.3) is 0 Å². The number of nitrogens with zero attached hydrogens (tertiary/aromatic N) is 4. The smallest absolute Gasteiger partial charge is 0.244 e. The van der Waals surface area contributed by atoms with E-state index in [-0.39, 0.29) is 12.5 Å². The number of aryl methyl sites for hydroxylation is 2. The summed E-state index contributed by atoms with van der Waals surface area (Å²) in [4.78, 5) is 18.5. The van der Waals surface area contributed by atoms with Crippen molar-refractivity contribution in [3.63, 3.8) is 0 Å². The van der Waals surface area contributed by atoms with Crippen molar-refractivity contribution in [3.8, 4) is 0 Å². The first-order valence-corrected chi connectivity index (χ1v) is 6.83. The summed E-state index contributed by atoms with van der Waals surface area (Å²) in [5.41, 5.74) is 5.43. The molecule has 6 nitrogen and oxygen atoms in total. The van der Waals surface area contributed by atoms with Crippen LogP contribution in [0, 0.1) is 0 Å². The summed E-state index contributed by atoms with van der Waals surface area (Å²) in [5.74, 6) is 1.60. The van der Waals surface area contributed by atoms with E-state index in [1.54, 1.807) is 16.6 Å². The molecule has 0 saturated heterocycles. The molecule has 19 heavy (non-hydrogen) atoms. The van der Waals surface area contributed by atoms with Crippen molar-refractivity contribution in [2.45, 2.75) is 39.7 Å². The Bertz CT molecular complexity index is 457. The van der Waals surface area contributed by atoms with E-state index in [1.165, 1.54) is 0 Å². The number of hydrogen-bond acceptors (Lipinski definition) is 4. The minimum absolute atomic E-state index is 0.0153. The number of carbonyl (C=O) groups excluding carboxylic acids is 1. The predicted octanol–water partition coefficient (Wildman–Crippen LogP) is 0.538. The van der Waals surface area contributed by atoms with Gasteiger partial charge in [0.15, 0.2) is 5.82 Å². The minimum atomic E-state index is -0.0153. The second-order valence-electron chi connectivity index (χ2n) is 4.34. The van der Waals surface area contributed by atoms with Gasteiger partial charge in [-0.15, -0.1) is 0 Å². The highest BCUT2D eigenvalue weighted by molar-refractivity contribution is 7.80. The molecule has 0 aliphatic rings. The molecule has 2 N–H and O–H groups in total. The summed E-state index contributed by atoms with van der Waals surface area (Å²) in [7, 11) is 1.74. The summed E-state index contributed by atoms with van der Waals surface area (Å²) >= 11 is 4.80. The molecule has 1 rings (SSSR count). The van der Waals surface area contributed by atoms with E-state index in [0.717, 1.165) is 24.5 Å². The van der Waals surface area contributed by atoms with Crippen LogP contribution in [0.2, 0.25) is 0 Å². The van der Waals surface area contributed by atoms with Gasteiger partial charge in [-0.1, -0.05) is 26.1 Å². The molecule has 0 aromatic carbocycles. The highest BCUT2D eigenvalue weighted by atomic mass is 32.1. The maximum Gasteiger partial charge on any atom is 0.244 e. The van der Waals surface area contributed by atoms with Gasteiger partial charge in [-0.25, -0.2) is 9.67 Å². The summed E-state index contributed by atoms with van der Waals surface area (Å²) < 4.78 is 1.68. The van der Waals surface area contributed by atoms with Crippen LogP contribution < -0.4 is 5.73 Å².